The molecule has 0 bridgehead atoms. The zero-order valence-electron chi connectivity index (χ0n) is 16.5. The van der Waals surface area contributed by atoms with E-state index in [1.165, 1.54) is 7.11 Å². The average Bonchev–Trinajstić information content (AvgIpc) is 2.76. The highest BCUT2D eigenvalue weighted by molar-refractivity contribution is 9.10. The molecular formula is C20H20BrN5O4. The van der Waals surface area contributed by atoms with Crippen LogP contribution in [0.1, 0.15) is 10.4 Å². The molecule has 1 amide bonds. The second-order valence-electron chi connectivity index (χ2n) is 5.89. The molecule has 0 spiro atoms. The maximum atomic E-state index is 12.2. The predicted octanol–water partition coefficient (Wildman–Crippen LogP) is 4.03. The Hall–Kier alpha value is -3.37. The van der Waals surface area contributed by atoms with Crippen molar-refractivity contribution in [2.75, 3.05) is 32.0 Å². The normalized spacial score (nSPS) is 10.3. The van der Waals surface area contributed by atoms with Crippen LogP contribution in [0.15, 0.2) is 53.1 Å². The fourth-order valence-electron chi connectivity index (χ4n) is 2.62. The van der Waals surface area contributed by atoms with Crippen LogP contribution < -0.4 is 25.6 Å². The number of para-hydroxylation sites is 1. The number of rotatable bonds is 8. The first-order chi connectivity index (χ1) is 14.5. The number of amides is 1. The van der Waals surface area contributed by atoms with Crippen molar-refractivity contribution in [3.05, 3.63) is 58.7 Å². The van der Waals surface area contributed by atoms with E-state index in [0.717, 1.165) is 5.69 Å². The number of ether oxygens (including phenoxy) is 2. The van der Waals surface area contributed by atoms with E-state index in [1.54, 1.807) is 50.7 Å². The summed E-state index contributed by atoms with van der Waals surface area (Å²) in [5.74, 6) is 1.65. The van der Waals surface area contributed by atoms with Crippen molar-refractivity contribution in [2.24, 2.45) is 0 Å². The number of carbonyl (C=O) groups is 1. The third kappa shape index (κ3) is 4.97. The van der Waals surface area contributed by atoms with Gasteiger partial charge in [0.25, 0.3) is 5.91 Å². The van der Waals surface area contributed by atoms with Crippen molar-refractivity contribution < 1.29 is 19.1 Å². The van der Waals surface area contributed by atoms with Gasteiger partial charge in [-0.1, -0.05) is 12.1 Å². The van der Waals surface area contributed by atoms with Gasteiger partial charge in [-0.15, -0.1) is 0 Å². The van der Waals surface area contributed by atoms with Crippen molar-refractivity contribution in [3.8, 4) is 11.5 Å². The van der Waals surface area contributed by atoms with Crippen LogP contribution in [0.4, 0.5) is 23.1 Å². The molecule has 9 nitrogen and oxygen atoms in total. The topological polar surface area (TPSA) is 107 Å². The Morgan fingerprint density at radius 2 is 1.77 bits per heavy atom. The van der Waals surface area contributed by atoms with Crippen LogP contribution in [0, 0.1) is 0 Å². The van der Waals surface area contributed by atoms with Gasteiger partial charge >= 0.3 is 0 Å². The molecule has 0 fully saturated rings. The Balaban J connectivity index is 1.86. The Morgan fingerprint density at radius 1 is 1.00 bits per heavy atom. The summed E-state index contributed by atoms with van der Waals surface area (Å²) in [5.41, 5.74) is 3.99. The summed E-state index contributed by atoms with van der Waals surface area (Å²) < 4.78 is 11.2. The smallest absolute Gasteiger partial charge is 0.276 e. The number of carbonyl (C=O) groups excluding carboxylic acids is 1. The first-order valence-corrected chi connectivity index (χ1v) is 9.56. The molecule has 0 atom stereocenters. The molecule has 0 aliphatic rings. The Bertz CT molecular complexity index is 1050. The molecular weight excluding hydrogens is 454 g/mol. The van der Waals surface area contributed by atoms with Crippen molar-refractivity contribution in [1.29, 1.82) is 0 Å². The lowest BCUT2D eigenvalue weighted by Crippen LogP contribution is -2.22. The van der Waals surface area contributed by atoms with Crippen molar-refractivity contribution >= 4 is 45.0 Å². The van der Waals surface area contributed by atoms with Crippen LogP contribution in [-0.2, 0) is 4.84 Å². The zero-order chi connectivity index (χ0) is 21.5. The number of anilines is 4. The van der Waals surface area contributed by atoms with Crippen LogP contribution >= 0.6 is 15.9 Å². The number of methoxy groups -OCH3 is 2. The molecule has 156 valence electrons. The van der Waals surface area contributed by atoms with Crippen LogP contribution in [0.2, 0.25) is 0 Å². The lowest BCUT2D eigenvalue weighted by atomic mass is 10.1. The number of hydroxylamine groups is 1. The Labute approximate surface area is 181 Å². The molecule has 0 aliphatic carbocycles. The summed E-state index contributed by atoms with van der Waals surface area (Å²) in [7, 11) is 4.52. The van der Waals surface area contributed by atoms with Crippen molar-refractivity contribution in [2.45, 2.75) is 0 Å². The zero-order valence-corrected chi connectivity index (χ0v) is 18.1. The van der Waals surface area contributed by atoms with Gasteiger partial charge in [-0.25, -0.2) is 10.5 Å². The van der Waals surface area contributed by atoms with E-state index >= 15 is 0 Å². The second-order valence-corrected chi connectivity index (χ2v) is 6.75. The first-order valence-electron chi connectivity index (χ1n) is 8.76. The summed E-state index contributed by atoms with van der Waals surface area (Å²) in [5, 5.41) is 6.27. The number of hydrogen-bond acceptors (Lipinski definition) is 8. The summed E-state index contributed by atoms with van der Waals surface area (Å²) in [6, 6.07) is 12.4. The van der Waals surface area contributed by atoms with E-state index in [-0.39, 0.29) is 5.91 Å². The highest BCUT2D eigenvalue weighted by Gasteiger charge is 2.14. The van der Waals surface area contributed by atoms with Gasteiger partial charge in [-0.3, -0.25) is 9.63 Å². The number of benzene rings is 2. The quantitative estimate of drug-likeness (QED) is 0.420. The summed E-state index contributed by atoms with van der Waals surface area (Å²) in [6.07, 6.45) is 1.61. The van der Waals surface area contributed by atoms with E-state index < -0.39 is 0 Å². The standard InChI is InChI=1S/C20H20BrN5O4/c1-28-16-9-8-12(10-17(16)29-2)23-20-22-11-14(21)18(25-20)24-15-7-5-4-6-13(15)19(27)26-30-3/h4-11H,1-3H3,(H,26,27)(H2,22,23,24,25). The van der Waals surface area contributed by atoms with E-state index in [2.05, 4.69) is 42.0 Å². The average molecular weight is 474 g/mol. The second kappa shape index (κ2) is 9.90. The van der Waals surface area contributed by atoms with Crippen LogP contribution in [-0.4, -0.2) is 37.2 Å². The number of halogens is 1. The van der Waals surface area contributed by atoms with Crippen molar-refractivity contribution in [1.82, 2.24) is 15.4 Å². The van der Waals surface area contributed by atoms with Gasteiger partial charge in [0, 0.05) is 18.0 Å². The van der Waals surface area contributed by atoms with Gasteiger partial charge < -0.3 is 20.1 Å². The lowest BCUT2D eigenvalue weighted by Gasteiger charge is -2.14. The van der Waals surface area contributed by atoms with E-state index in [9.17, 15) is 4.79 Å². The highest BCUT2D eigenvalue weighted by atomic mass is 79.9. The third-order valence-electron chi connectivity index (χ3n) is 4.00. The van der Waals surface area contributed by atoms with Gasteiger partial charge in [-0.2, -0.15) is 4.98 Å². The number of hydrogen-bond donors (Lipinski definition) is 3. The monoisotopic (exact) mass is 473 g/mol. The molecule has 10 heteroatoms. The summed E-state index contributed by atoms with van der Waals surface area (Å²) >= 11 is 3.43. The molecule has 3 rings (SSSR count). The fraction of sp³-hybridized carbons (Fsp3) is 0.150. The Kier molecular flexibility index (Phi) is 7.04. The number of aromatic nitrogens is 2. The van der Waals surface area contributed by atoms with Crippen molar-refractivity contribution in [3.63, 3.8) is 0 Å². The molecule has 0 saturated heterocycles. The molecule has 0 aliphatic heterocycles. The van der Waals surface area contributed by atoms with Gasteiger partial charge in [0.05, 0.1) is 37.1 Å². The van der Waals surface area contributed by atoms with Gasteiger partial charge in [0.15, 0.2) is 11.5 Å². The maximum absolute atomic E-state index is 12.2. The predicted molar refractivity (Wildman–Crippen MR) is 117 cm³/mol. The Morgan fingerprint density at radius 3 is 2.50 bits per heavy atom. The van der Waals surface area contributed by atoms with E-state index in [4.69, 9.17) is 14.3 Å². The number of nitrogens with zero attached hydrogens (tertiary/aromatic N) is 2. The van der Waals surface area contributed by atoms with E-state index in [1.807, 2.05) is 12.1 Å². The lowest BCUT2D eigenvalue weighted by molar-refractivity contribution is 0.0538. The first kappa shape index (κ1) is 21.3. The molecule has 1 aromatic heterocycles. The minimum absolute atomic E-state index is 0.353. The van der Waals surface area contributed by atoms with Crippen LogP contribution in [0.5, 0.6) is 11.5 Å². The maximum Gasteiger partial charge on any atom is 0.276 e. The van der Waals surface area contributed by atoms with Gasteiger partial charge in [0.2, 0.25) is 5.95 Å². The van der Waals surface area contributed by atoms with Crippen LogP contribution in [0.3, 0.4) is 0 Å². The molecule has 3 aromatic rings. The van der Waals surface area contributed by atoms with E-state index in [0.29, 0.717) is 39.0 Å². The molecule has 2 aromatic carbocycles. The summed E-state index contributed by atoms with van der Waals surface area (Å²) in [4.78, 5) is 25.7. The molecule has 0 unspecified atom stereocenters. The third-order valence-corrected chi connectivity index (χ3v) is 4.58. The molecule has 30 heavy (non-hydrogen) atoms. The largest absolute Gasteiger partial charge is 0.493 e. The number of nitrogens with one attached hydrogen (secondary N) is 3. The highest BCUT2D eigenvalue weighted by Crippen LogP contribution is 2.31. The van der Waals surface area contributed by atoms with Gasteiger partial charge in [-0.05, 0) is 40.2 Å². The minimum Gasteiger partial charge on any atom is -0.493 e. The SMILES string of the molecule is CONC(=O)c1ccccc1Nc1nc(Nc2ccc(OC)c(OC)c2)ncc1Br. The molecule has 0 saturated carbocycles. The molecule has 0 radical (unpaired) electrons. The molecule has 1 heterocycles. The molecule has 3 N–H and O–H groups in total. The van der Waals surface area contributed by atoms with Crippen LogP contribution in [0.25, 0.3) is 0 Å². The summed E-state index contributed by atoms with van der Waals surface area (Å²) in [6.45, 7) is 0. The minimum atomic E-state index is -0.380. The van der Waals surface area contributed by atoms with Gasteiger partial charge in [0.1, 0.15) is 5.82 Å². The fourth-order valence-corrected chi connectivity index (χ4v) is 2.91.